The third-order valence-corrected chi connectivity index (χ3v) is 32.8. The number of aldehydes is 1. The first kappa shape index (κ1) is 57.4. The maximum Gasteiger partial charge on any atom is 0.331 e. The Hall–Kier alpha value is -4.88. The molecule has 12 fully saturated rings. The third-order valence-electron chi connectivity index (χ3n) is 32.8. The van der Waals surface area contributed by atoms with Crippen LogP contribution in [0.15, 0.2) is 96.6 Å². The van der Waals surface area contributed by atoms with Crippen LogP contribution in [0.1, 0.15) is 168 Å². The lowest BCUT2D eigenvalue weighted by molar-refractivity contribution is -0.450. The summed E-state index contributed by atoms with van der Waals surface area (Å²) in [5, 5.41) is 77.6. The fraction of sp³-hybridized carbons (Fsp3) is 0.659. The molecular formula is C82H93NO9. The van der Waals surface area contributed by atoms with Crippen LogP contribution in [-0.4, -0.2) is 91.6 Å². The summed E-state index contributed by atoms with van der Waals surface area (Å²) in [6, 6.07) is 26.6. The van der Waals surface area contributed by atoms with Crippen molar-refractivity contribution in [2.75, 3.05) is 7.05 Å². The molecular weight excluding hydrogens is 1140 g/mol. The lowest BCUT2D eigenvalue weighted by Crippen LogP contribution is -2.92. The number of hydrogen-bond donors (Lipinski definition) is 6. The fourth-order valence-electron chi connectivity index (χ4n) is 30.5. The first-order valence-corrected chi connectivity index (χ1v) is 36.7. The normalized spacial score (nSPS) is 53.2. The Morgan fingerprint density at radius 3 is 2.48 bits per heavy atom. The Bertz CT molecular complexity index is 3860. The third kappa shape index (κ3) is 6.60. The molecule has 10 nitrogen and oxygen atoms in total. The van der Waals surface area contributed by atoms with Crippen molar-refractivity contribution in [3.05, 3.63) is 130 Å². The van der Waals surface area contributed by atoms with Gasteiger partial charge in [0.25, 0.3) is 0 Å². The van der Waals surface area contributed by atoms with Crippen molar-refractivity contribution >= 4 is 12.3 Å². The van der Waals surface area contributed by atoms with Gasteiger partial charge >= 0.3 is 5.97 Å². The zero-order chi connectivity index (χ0) is 61.9. The molecule has 2 saturated heterocycles. The summed E-state index contributed by atoms with van der Waals surface area (Å²) >= 11 is 0. The van der Waals surface area contributed by atoms with Gasteiger partial charge in [-0.15, -0.1) is 5.92 Å². The Labute approximate surface area is 542 Å². The summed E-state index contributed by atoms with van der Waals surface area (Å²) in [6.07, 6.45) is 22.4. The van der Waals surface area contributed by atoms with E-state index in [9.17, 15) is 9.90 Å². The van der Waals surface area contributed by atoms with Gasteiger partial charge in [-0.05, 0) is 251 Å². The summed E-state index contributed by atoms with van der Waals surface area (Å²) in [5.41, 5.74) is -3.82. The summed E-state index contributed by atoms with van der Waals surface area (Å²) < 4.78 is 15.3. The van der Waals surface area contributed by atoms with Crippen LogP contribution in [0, 0.1) is 140 Å². The van der Waals surface area contributed by atoms with Gasteiger partial charge in [-0.25, -0.2) is 4.79 Å². The zero-order valence-corrected chi connectivity index (χ0v) is 53.6. The number of nitrogens with one attached hydrogen (secondary N) is 1. The van der Waals surface area contributed by atoms with Crippen LogP contribution in [0.25, 0.3) is 0 Å². The molecule has 6 N–H and O–H groups in total. The van der Waals surface area contributed by atoms with Crippen molar-refractivity contribution in [2.24, 2.45) is 116 Å². The predicted octanol–water partition coefficient (Wildman–Crippen LogP) is 10.7. The van der Waals surface area contributed by atoms with E-state index in [2.05, 4.69) is 95.7 Å². The van der Waals surface area contributed by atoms with E-state index in [-0.39, 0.29) is 83.7 Å². The van der Waals surface area contributed by atoms with Gasteiger partial charge < -0.3 is 45.1 Å². The number of fused-ring (bicyclic) bond motifs is 5. The molecule has 29 atom stereocenters. The van der Waals surface area contributed by atoms with Crippen molar-refractivity contribution in [2.45, 2.75) is 207 Å². The predicted molar refractivity (Wildman–Crippen MR) is 345 cm³/mol. The molecule has 15 aliphatic carbocycles. The zero-order valence-electron chi connectivity index (χ0n) is 53.6. The van der Waals surface area contributed by atoms with E-state index in [1.54, 1.807) is 6.08 Å². The van der Waals surface area contributed by atoms with Gasteiger partial charge in [-0.2, -0.15) is 0 Å². The van der Waals surface area contributed by atoms with Crippen LogP contribution in [-0.2, 0) is 44.9 Å². The lowest BCUT2D eigenvalue weighted by atomic mass is 9.24. The van der Waals surface area contributed by atoms with Gasteiger partial charge in [0.15, 0.2) is 0 Å². The van der Waals surface area contributed by atoms with Crippen LogP contribution in [0.2, 0.25) is 0 Å². The van der Waals surface area contributed by atoms with E-state index in [1.165, 1.54) is 29.4 Å². The van der Waals surface area contributed by atoms with Crippen LogP contribution in [0.5, 0.6) is 0 Å². The fourth-order valence-corrected chi connectivity index (χ4v) is 30.5. The number of benzene rings is 3. The monoisotopic (exact) mass is 1240 g/mol. The van der Waals surface area contributed by atoms with E-state index < -0.39 is 92.0 Å². The molecule has 480 valence electrons. The topological polar surface area (TPSA) is 166 Å². The molecule has 10 saturated carbocycles. The molecule has 21 bridgehead atoms. The SMILES string of the molecule is CNC1Cc2c(cccc2CO)C#CCCC23CC4C#CCC5C(c6ccccc6)CCC67CCC8C(CC56)C75CC6(C=O)C4C(O)(C(O)C4CC7C9C=CCC7C7CCC(Cc%10cccc(c%10)CC8%10CCC(C9)(C5O%10)C46O)C7)C2(O)CC2CC1C1OC(=O)C=C1C23. The number of likely N-dealkylation sites (N-methyl/N-ethyl adjacent to an activating group) is 1. The van der Waals surface area contributed by atoms with E-state index in [0.29, 0.717) is 76.0 Å². The van der Waals surface area contributed by atoms with Crippen molar-refractivity contribution < 1.29 is 44.6 Å². The number of hydrogen-bond acceptors (Lipinski definition) is 10. The molecule has 0 amide bonds. The summed E-state index contributed by atoms with van der Waals surface area (Å²) in [5.74, 6) is 13.6. The molecule has 3 aromatic carbocycles. The minimum atomic E-state index is -2.36. The molecule has 3 aromatic rings. The second kappa shape index (κ2) is 19.2. The minimum Gasteiger partial charge on any atom is -0.454 e. The highest BCUT2D eigenvalue weighted by molar-refractivity contribution is 5.86. The minimum absolute atomic E-state index is 0.0516. The van der Waals surface area contributed by atoms with Crippen LogP contribution < -0.4 is 5.32 Å². The summed E-state index contributed by atoms with van der Waals surface area (Å²) in [7, 11) is 1.96. The standard InChI is InChI=1S/C82H93NO9/c1-83-67-36-59-50(16-8-19-54(59)43-84)15-5-6-26-75-41-53-18-10-21-58-57(49-13-3-2-4-14-49)24-27-74-28-25-63-65(38-64(58)74)79(74)44-77(45-85)71(53)81(89,80(75,88)42-55-34-61(67)70-62(69(55)75)37-68(86)91-70)72(87)66-35-60-52-17-9-20-56(60)51-23-22-47(33-51)31-46-11-7-12-48(32-46)39-78(63)30-29-76(40-52,73(79)92-78)82(66,77)90/h2-4,7-9,11-14,16-17,19,32,37,45,47,51-53,55-58,60-61,63-67,69-73,83-84,87-90H,6,20-31,33-36,38-44H2,1H3. The molecule has 92 heavy (non-hydrogen) atoms. The number of rotatable bonds is 4. The molecule has 0 aromatic heterocycles. The van der Waals surface area contributed by atoms with Gasteiger partial charge in [-0.1, -0.05) is 96.6 Å². The molecule has 10 heteroatoms. The van der Waals surface area contributed by atoms with Gasteiger partial charge in [-0.3, -0.25) is 0 Å². The molecule has 4 aliphatic heterocycles. The number of aliphatic hydroxyl groups is 5. The van der Waals surface area contributed by atoms with Crippen LogP contribution in [0.3, 0.4) is 0 Å². The van der Waals surface area contributed by atoms with Gasteiger partial charge in [0, 0.05) is 76.9 Å². The average molecular weight is 1240 g/mol. The first-order chi connectivity index (χ1) is 44.7. The average Bonchev–Trinajstić information content (AvgIpc) is 1.19. The van der Waals surface area contributed by atoms with E-state index in [0.717, 1.165) is 92.9 Å². The number of carbonyl (C=O) groups is 2. The Balaban J connectivity index is 0.867. The Kier molecular flexibility index (Phi) is 12.0. The number of ether oxygens (including phenoxy) is 2. The lowest BCUT2D eigenvalue weighted by Gasteiger charge is -2.83. The summed E-state index contributed by atoms with van der Waals surface area (Å²) in [4.78, 5) is 31.2. The Morgan fingerprint density at radius 1 is 0.761 bits per heavy atom. The number of carbonyl (C=O) groups excluding carboxylic acids is 2. The van der Waals surface area contributed by atoms with E-state index in [1.807, 2.05) is 25.2 Å². The number of allylic oxidation sites excluding steroid dienone is 2. The summed E-state index contributed by atoms with van der Waals surface area (Å²) in [6.45, 7) is -0.138. The highest BCUT2D eigenvalue weighted by atomic mass is 16.5. The molecule has 22 rings (SSSR count). The van der Waals surface area contributed by atoms with Crippen molar-refractivity contribution in [1.82, 2.24) is 5.32 Å². The van der Waals surface area contributed by atoms with Crippen LogP contribution in [0.4, 0.5) is 0 Å². The molecule has 4 heterocycles. The second-order valence-corrected chi connectivity index (χ2v) is 34.6. The first-order valence-electron chi connectivity index (χ1n) is 36.7. The number of aliphatic hydroxyl groups excluding tert-OH is 2. The highest BCUT2D eigenvalue weighted by Gasteiger charge is 2.94. The molecule has 0 radical (unpaired) electrons. The van der Waals surface area contributed by atoms with E-state index in [4.69, 9.17) is 9.47 Å². The van der Waals surface area contributed by atoms with Gasteiger partial charge in [0.1, 0.15) is 23.6 Å². The molecule has 29 unspecified atom stereocenters. The smallest absolute Gasteiger partial charge is 0.331 e. The highest BCUT2D eigenvalue weighted by Crippen LogP contribution is 2.91. The number of esters is 1. The quantitative estimate of drug-likeness (QED) is 0.0641. The maximum atomic E-state index is 16.8. The second-order valence-electron chi connectivity index (χ2n) is 34.6. The van der Waals surface area contributed by atoms with Gasteiger partial charge in [0.2, 0.25) is 0 Å². The van der Waals surface area contributed by atoms with Crippen LogP contribution >= 0.6 is 0 Å². The van der Waals surface area contributed by atoms with Crippen molar-refractivity contribution in [3.63, 3.8) is 0 Å². The largest absolute Gasteiger partial charge is 0.454 e. The van der Waals surface area contributed by atoms with Crippen molar-refractivity contribution in [3.8, 4) is 23.7 Å². The van der Waals surface area contributed by atoms with Gasteiger partial charge in [0.05, 0.1) is 35.4 Å². The Morgan fingerprint density at radius 2 is 1.62 bits per heavy atom. The maximum absolute atomic E-state index is 16.8. The van der Waals surface area contributed by atoms with E-state index >= 15 is 25.2 Å². The molecule has 19 aliphatic rings. The van der Waals surface area contributed by atoms with Crippen molar-refractivity contribution in [1.29, 1.82) is 0 Å². The molecule has 5 spiro atoms.